The Bertz CT molecular complexity index is 1290. The van der Waals surface area contributed by atoms with Gasteiger partial charge in [-0.05, 0) is 49.7 Å². The van der Waals surface area contributed by atoms with Gasteiger partial charge in [-0.1, -0.05) is 29.3 Å². The summed E-state index contributed by atoms with van der Waals surface area (Å²) in [7, 11) is 0. The Kier molecular flexibility index (Phi) is 7.20. The van der Waals surface area contributed by atoms with Crippen LogP contribution in [0, 0.1) is 6.92 Å². The van der Waals surface area contributed by atoms with E-state index in [4.69, 9.17) is 31.3 Å². The molecule has 180 valence electrons. The molecule has 1 saturated heterocycles. The largest absolute Gasteiger partial charge is 0.384 e. The fourth-order valence-corrected chi connectivity index (χ4v) is 4.16. The fourth-order valence-electron chi connectivity index (χ4n) is 3.99. The van der Waals surface area contributed by atoms with Gasteiger partial charge in [0.2, 0.25) is 11.9 Å². The van der Waals surface area contributed by atoms with Crippen molar-refractivity contribution in [2.75, 3.05) is 48.4 Å². The van der Waals surface area contributed by atoms with Gasteiger partial charge in [-0.2, -0.15) is 15.0 Å². The molecule has 1 fully saturated rings. The highest BCUT2D eigenvalue weighted by Crippen LogP contribution is 2.24. The van der Waals surface area contributed by atoms with Gasteiger partial charge in [0.05, 0.1) is 18.7 Å². The second-order valence-electron chi connectivity index (χ2n) is 8.52. The highest BCUT2D eigenvalue weighted by Gasteiger charge is 2.17. The van der Waals surface area contributed by atoms with E-state index in [1.54, 1.807) is 6.20 Å². The predicted molar refractivity (Wildman–Crippen MR) is 141 cm³/mol. The fraction of sp³-hybridized carbons (Fsp3) is 0.308. The number of anilines is 4. The number of halogens is 1. The summed E-state index contributed by atoms with van der Waals surface area (Å²) in [4.78, 5) is 20.7. The number of hydrogen-bond acceptors (Lipinski definition) is 8. The van der Waals surface area contributed by atoms with Crippen LogP contribution >= 0.6 is 11.6 Å². The van der Waals surface area contributed by atoms with Gasteiger partial charge in [0.15, 0.2) is 0 Å². The summed E-state index contributed by atoms with van der Waals surface area (Å²) in [6.45, 7) is 5.75. The molecule has 1 aliphatic heterocycles. The predicted octanol–water partition coefficient (Wildman–Crippen LogP) is 5.01. The first-order valence-electron chi connectivity index (χ1n) is 11.8. The summed E-state index contributed by atoms with van der Waals surface area (Å²) in [5.74, 6) is 2.02. The molecular formula is C26H28ClN7O. The average molecular weight is 490 g/mol. The van der Waals surface area contributed by atoms with E-state index in [0.29, 0.717) is 30.1 Å². The van der Waals surface area contributed by atoms with E-state index in [1.165, 1.54) is 5.56 Å². The summed E-state index contributed by atoms with van der Waals surface area (Å²) >= 11 is 6.11. The van der Waals surface area contributed by atoms with Gasteiger partial charge < -0.3 is 20.3 Å². The molecule has 0 atom stereocenters. The van der Waals surface area contributed by atoms with Gasteiger partial charge in [0.25, 0.3) is 0 Å². The van der Waals surface area contributed by atoms with E-state index in [1.807, 2.05) is 36.4 Å². The zero-order valence-electron chi connectivity index (χ0n) is 19.7. The number of pyridine rings is 1. The number of aromatic nitrogens is 4. The molecule has 0 aliphatic carbocycles. The first kappa shape index (κ1) is 23.3. The third-order valence-corrected chi connectivity index (χ3v) is 6.10. The summed E-state index contributed by atoms with van der Waals surface area (Å²) in [6.07, 6.45) is 3.39. The van der Waals surface area contributed by atoms with Crippen LogP contribution in [0.15, 0.2) is 54.7 Å². The lowest BCUT2D eigenvalue weighted by atomic mass is 10.2. The van der Waals surface area contributed by atoms with Crippen molar-refractivity contribution in [3.05, 3.63) is 71.1 Å². The smallest absolute Gasteiger partial charge is 0.232 e. The standard InChI is InChI=1S/C26H28ClN7O/c1-18-4-7-20(8-5-18)30-25-31-24(32-26(33-25)34-13-15-35-16-14-34)3-2-11-28-22-10-12-29-23-17-19(27)6-9-21(22)23/h4-10,12,17H,2-3,11,13-16H2,1H3,(H,28,29)(H,30,31,32,33). The number of fused-ring (bicyclic) bond motifs is 1. The zero-order chi connectivity index (χ0) is 24.0. The minimum absolute atomic E-state index is 0.560. The quantitative estimate of drug-likeness (QED) is 0.334. The van der Waals surface area contributed by atoms with Crippen molar-refractivity contribution >= 4 is 45.8 Å². The molecule has 9 heteroatoms. The van der Waals surface area contributed by atoms with Crippen molar-refractivity contribution in [3.63, 3.8) is 0 Å². The van der Waals surface area contributed by atoms with Crippen LogP contribution in [0.3, 0.4) is 0 Å². The van der Waals surface area contributed by atoms with E-state index < -0.39 is 0 Å². The van der Waals surface area contributed by atoms with Gasteiger partial charge in [-0.3, -0.25) is 4.98 Å². The molecule has 3 heterocycles. The Morgan fingerprint density at radius 3 is 2.66 bits per heavy atom. The number of nitrogens with zero attached hydrogens (tertiary/aromatic N) is 5. The van der Waals surface area contributed by atoms with Crippen molar-refractivity contribution in [2.45, 2.75) is 19.8 Å². The first-order valence-corrected chi connectivity index (χ1v) is 12.2. The van der Waals surface area contributed by atoms with Crippen LogP contribution in [0.25, 0.3) is 10.9 Å². The Morgan fingerprint density at radius 2 is 1.83 bits per heavy atom. The third-order valence-electron chi connectivity index (χ3n) is 5.87. The molecule has 4 aromatic rings. The lowest BCUT2D eigenvalue weighted by Crippen LogP contribution is -2.37. The SMILES string of the molecule is Cc1ccc(Nc2nc(CCCNc3ccnc4cc(Cl)ccc34)nc(N3CCOCC3)n2)cc1. The second kappa shape index (κ2) is 10.8. The molecular weight excluding hydrogens is 462 g/mol. The second-order valence-corrected chi connectivity index (χ2v) is 8.95. The minimum atomic E-state index is 0.560. The van der Waals surface area contributed by atoms with Crippen molar-refractivity contribution in [1.82, 2.24) is 19.9 Å². The Labute approximate surface area is 209 Å². The average Bonchev–Trinajstić information content (AvgIpc) is 2.88. The van der Waals surface area contributed by atoms with Gasteiger partial charge in [0, 0.05) is 54.0 Å². The van der Waals surface area contributed by atoms with Gasteiger partial charge in [0.1, 0.15) is 5.82 Å². The number of hydrogen-bond donors (Lipinski definition) is 2. The van der Waals surface area contributed by atoms with Crippen LogP contribution in [-0.2, 0) is 11.2 Å². The van der Waals surface area contributed by atoms with Gasteiger partial charge >= 0.3 is 0 Å². The first-order chi connectivity index (χ1) is 17.1. The van der Waals surface area contributed by atoms with Crippen molar-refractivity contribution in [1.29, 1.82) is 0 Å². The van der Waals surface area contributed by atoms with Crippen molar-refractivity contribution < 1.29 is 4.74 Å². The molecule has 1 aliphatic rings. The molecule has 0 bridgehead atoms. The summed E-state index contributed by atoms with van der Waals surface area (Å²) in [5, 5.41) is 8.59. The molecule has 2 aromatic heterocycles. The molecule has 0 saturated carbocycles. The molecule has 5 rings (SSSR count). The third kappa shape index (κ3) is 5.96. The monoisotopic (exact) mass is 489 g/mol. The minimum Gasteiger partial charge on any atom is -0.384 e. The molecule has 0 unspecified atom stereocenters. The molecule has 2 N–H and O–H groups in total. The Morgan fingerprint density at radius 1 is 1.00 bits per heavy atom. The maximum absolute atomic E-state index is 6.11. The molecule has 35 heavy (non-hydrogen) atoms. The highest BCUT2D eigenvalue weighted by molar-refractivity contribution is 6.31. The summed E-state index contributed by atoms with van der Waals surface area (Å²) in [6, 6.07) is 15.9. The molecule has 8 nitrogen and oxygen atoms in total. The van der Waals surface area contributed by atoms with Crippen LogP contribution in [0.2, 0.25) is 5.02 Å². The van der Waals surface area contributed by atoms with Crippen LogP contribution in [0.1, 0.15) is 17.8 Å². The van der Waals surface area contributed by atoms with E-state index in [0.717, 1.165) is 60.6 Å². The van der Waals surface area contributed by atoms with E-state index in [2.05, 4.69) is 39.6 Å². The molecule has 0 spiro atoms. The summed E-state index contributed by atoms with van der Waals surface area (Å²) < 4.78 is 5.50. The highest BCUT2D eigenvalue weighted by atomic mass is 35.5. The number of ether oxygens (including phenoxy) is 1. The number of morpholine rings is 1. The van der Waals surface area contributed by atoms with E-state index in [9.17, 15) is 0 Å². The van der Waals surface area contributed by atoms with Crippen LogP contribution in [0.4, 0.5) is 23.3 Å². The maximum Gasteiger partial charge on any atom is 0.232 e. The lowest BCUT2D eigenvalue weighted by molar-refractivity contribution is 0.122. The van der Waals surface area contributed by atoms with Crippen molar-refractivity contribution in [3.8, 4) is 0 Å². The van der Waals surface area contributed by atoms with Crippen LogP contribution < -0.4 is 15.5 Å². The van der Waals surface area contributed by atoms with E-state index >= 15 is 0 Å². The Hall–Kier alpha value is -3.49. The molecule has 0 amide bonds. The topological polar surface area (TPSA) is 88.1 Å². The lowest BCUT2D eigenvalue weighted by Gasteiger charge is -2.27. The number of benzene rings is 2. The van der Waals surface area contributed by atoms with Crippen molar-refractivity contribution in [2.24, 2.45) is 0 Å². The molecule has 2 aromatic carbocycles. The number of rotatable bonds is 8. The van der Waals surface area contributed by atoms with Crippen LogP contribution in [0.5, 0.6) is 0 Å². The molecule has 0 radical (unpaired) electrons. The Balaban J connectivity index is 1.28. The number of nitrogens with one attached hydrogen (secondary N) is 2. The van der Waals surface area contributed by atoms with E-state index in [-0.39, 0.29) is 0 Å². The normalized spacial score (nSPS) is 13.7. The maximum atomic E-state index is 6.11. The number of aryl methyl sites for hydroxylation is 2. The van der Waals surface area contributed by atoms with Gasteiger partial charge in [-0.15, -0.1) is 0 Å². The van der Waals surface area contributed by atoms with Gasteiger partial charge in [-0.25, -0.2) is 0 Å². The van der Waals surface area contributed by atoms with Crippen LogP contribution in [-0.4, -0.2) is 52.8 Å². The zero-order valence-corrected chi connectivity index (χ0v) is 20.4. The summed E-state index contributed by atoms with van der Waals surface area (Å²) in [5.41, 5.74) is 4.07.